The summed E-state index contributed by atoms with van der Waals surface area (Å²) in [6.45, 7) is 3.98. The summed E-state index contributed by atoms with van der Waals surface area (Å²) < 4.78 is 11.2. The molecule has 2 fully saturated rings. The predicted octanol–water partition coefficient (Wildman–Crippen LogP) is 1.70. The zero-order valence-corrected chi connectivity index (χ0v) is 9.65. The molecule has 0 bridgehead atoms. The van der Waals surface area contributed by atoms with E-state index >= 15 is 0 Å². The third-order valence-electron chi connectivity index (χ3n) is 3.83. The van der Waals surface area contributed by atoms with Crippen molar-refractivity contribution in [3.05, 3.63) is 0 Å². The van der Waals surface area contributed by atoms with Gasteiger partial charge in [-0.1, -0.05) is 0 Å². The number of nitrogens with two attached hydrogens (primary N) is 1. The van der Waals surface area contributed by atoms with Crippen molar-refractivity contribution in [3.63, 3.8) is 0 Å². The highest BCUT2D eigenvalue weighted by atomic mass is 16.5. The summed E-state index contributed by atoms with van der Waals surface area (Å²) >= 11 is 0. The fourth-order valence-corrected chi connectivity index (χ4v) is 2.77. The van der Waals surface area contributed by atoms with E-state index in [1.165, 1.54) is 12.8 Å². The van der Waals surface area contributed by atoms with E-state index in [-0.39, 0.29) is 0 Å². The molecule has 4 atom stereocenters. The van der Waals surface area contributed by atoms with Crippen LogP contribution < -0.4 is 5.73 Å². The second-order valence-corrected chi connectivity index (χ2v) is 4.90. The van der Waals surface area contributed by atoms with E-state index < -0.39 is 0 Å². The summed E-state index contributed by atoms with van der Waals surface area (Å²) in [5, 5.41) is 0. The lowest BCUT2D eigenvalue weighted by molar-refractivity contribution is 0.0855. The molecule has 0 spiro atoms. The first kappa shape index (κ1) is 11.4. The molecule has 0 aromatic carbocycles. The van der Waals surface area contributed by atoms with Gasteiger partial charge in [0.25, 0.3) is 0 Å². The van der Waals surface area contributed by atoms with Crippen LogP contribution in [0.15, 0.2) is 0 Å². The van der Waals surface area contributed by atoms with Crippen LogP contribution in [0.1, 0.15) is 39.0 Å². The molecule has 0 amide bonds. The van der Waals surface area contributed by atoms with Crippen molar-refractivity contribution in [1.82, 2.24) is 0 Å². The summed E-state index contributed by atoms with van der Waals surface area (Å²) in [7, 11) is 0. The maximum atomic E-state index is 6.21. The molecule has 0 saturated carbocycles. The monoisotopic (exact) mass is 213 g/mol. The van der Waals surface area contributed by atoms with Crippen LogP contribution in [0.2, 0.25) is 0 Å². The van der Waals surface area contributed by atoms with Gasteiger partial charge in [0.15, 0.2) is 0 Å². The fraction of sp³-hybridized carbons (Fsp3) is 1.00. The van der Waals surface area contributed by atoms with Gasteiger partial charge in [-0.25, -0.2) is 0 Å². The second-order valence-electron chi connectivity index (χ2n) is 4.90. The topological polar surface area (TPSA) is 44.5 Å². The molecule has 2 aliphatic heterocycles. The van der Waals surface area contributed by atoms with E-state index in [2.05, 4.69) is 6.92 Å². The Morgan fingerprint density at radius 2 is 2.13 bits per heavy atom. The van der Waals surface area contributed by atoms with Crippen molar-refractivity contribution in [2.24, 2.45) is 11.7 Å². The van der Waals surface area contributed by atoms with Crippen LogP contribution in [0.5, 0.6) is 0 Å². The molecule has 0 aromatic rings. The van der Waals surface area contributed by atoms with Crippen LogP contribution in [0.3, 0.4) is 0 Å². The molecular weight excluding hydrogens is 190 g/mol. The van der Waals surface area contributed by atoms with Gasteiger partial charge in [0, 0.05) is 25.2 Å². The first-order valence-electron chi connectivity index (χ1n) is 6.26. The molecule has 2 rings (SSSR count). The van der Waals surface area contributed by atoms with Gasteiger partial charge < -0.3 is 15.2 Å². The fourth-order valence-electron chi connectivity index (χ4n) is 2.77. The minimum atomic E-state index is 0.298. The molecule has 3 heteroatoms. The smallest absolute Gasteiger partial charge is 0.0590 e. The maximum Gasteiger partial charge on any atom is 0.0590 e. The molecule has 0 aromatic heterocycles. The van der Waals surface area contributed by atoms with E-state index in [0.29, 0.717) is 24.2 Å². The highest BCUT2D eigenvalue weighted by molar-refractivity contribution is 4.83. The van der Waals surface area contributed by atoms with Crippen molar-refractivity contribution in [2.45, 2.75) is 57.3 Å². The van der Waals surface area contributed by atoms with Gasteiger partial charge in [0.05, 0.1) is 12.2 Å². The van der Waals surface area contributed by atoms with Crippen molar-refractivity contribution in [3.8, 4) is 0 Å². The maximum absolute atomic E-state index is 6.21. The van der Waals surface area contributed by atoms with E-state index in [9.17, 15) is 0 Å². The number of hydrogen-bond acceptors (Lipinski definition) is 3. The molecule has 15 heavy (non-hydrogen) atoms. The highest BCUT2D eigenvalue weighted by Gasteiger charge is 2.30. The van der Waals surface area contributed by atoms with Crippen LogP contribution in [0.25, 0.3) is 0 Å². The lowest BCUT2D eigenvalue weighted by Crippen LogP contribution is -2.34. The molecule has 0 aliphatic carbocycles. The van der Waals surface area contributed by atoms with Crippen molar-refractivity contribution in [2.75, 3.05) is 13.2 Å². The molecule has 2 saturated heterocycles. The molecule has 2 N–H and O–H groups in total. The molecule has 2 heterocycles. The van der Waals surface area contributed by atoms with Crippen molar-refractivity contribution in [1.29, 1.82) is 0 Å². The summed E-state index contributed by atoms with van der Waals surface area (Å²) in [5.41, 5.74) is 6.21. The summed E-state index contributed by atoms with van der Waals surface area (Å²) in [5.74, 6) is 0.561. The van der Waals surface area contributed by atoms with E-state index in [1.54, 1.807) is 0 Å². The van der Waals surface area contributed by atoms with E-state index in [0.717, 1.165) is 32.5 Å². The van der Waals surface area contributed by atoms with Gasteiger partial charge in [0.1, 0.15) is 0 Å². The van der Waals surface area contributed by atoms with Gasteiger partial charge in [-0.3, -0.25) is 0 Å². The normalized spacial score (nSPS) is 38.4. The van der Waals surface area contributed by atoms with Crippen LogP contribution in [0, 0.1) is 5.92 Å². The van der Waals surface area contributed by atoms with Crippen molar-refractivity contribution < 1.29 is 9.47 Å². The number of hydrogen-bond donors (Lipinski definition) is 1. The summed E-state index contributed by atoms with van der Waals surface area (Å²) in [6, 6.07) is 0.298. The molecule has 88 valence electrons. The minimum absolute atomic E-state index is 0.298. The third kappa shape index (κ3) is 2.92. The average Bonchev–Trinajstić information content (AvgIpc) is 2.84. The van der Waals surface area contributed by atoms with Crippen LogP contribution in [-0.2, 0) is 9.47 Å². The molecule has 4 unspecified atom stereocenters. The Morgan fingerprint density at radius 1 is 1.27 bits per heavy atom. The van der Waals surface area contributed by atoms with Crippen LogP contribution in [0.4, 0.5) is 0 Å². The van der Waals surface area contributed by atoms with Gasteiger partial charge >= 0.3 is 0 Å². The molecule has 0 radical (unpaired) electrons. The predicted molar refractivity (Wildman–Crippen MR) is 59.7 cm³/mol. The lowest BCUT2D eigenvalue weighted by Gasteiger charge is -2.22. The van der Waals surface area contributed by atoms with Crippen molar-refractivity contribution >= 4 is 0 Å². The Labute approximate surface area is 92.3 Å². The summed E-state index contributed by atoms with van der Waals surface area (Å²) in [6.07, 6.45) is 6.63. The second kappa shape index (κ2) is 5.28. The Bertz CT molecular complexity index is 192. The average molecular weight is 213 g/mol. The Hall–Kier alpha value is -0.120. The van der Waals surface area contributed by atoms with Gasteiger partial charge in [-0.2, -0.15) is 0 Å². The Kier molecular flexibility index (Phi) is 4.00. The summed E-state index contributed by atoms with van der Waals surface area (Å²) in [4.78, 5) is 0. The van der Waals surface area contributed by atoms with Gasteiger partial charge in [-0.05, 0) is 39.0 Å². The number of ether oxygens (including phenoxy) is 2. The van der Waals surface area contributed by atoms with Crippen LogP contribution in [-0.4, -0.2) is 31.5 Å². The first-order chi connectivity index (χ1) is 7.27. The molecular formula is C12H23NO2. The highest BCUT2D eigenvalue weighted by Crippen LogP contribution is 2.26. The van der Waals surface area contributed by atoms with Gasteiger partial charge in [0.2, 0.25) is 0 Å². The Morgan fingerprint density at radius 3 is 2.73 bits per heavy atom. The Balaban J connectivity index is 1.69. The SMILES string of the molecule is CC1OCCC1C(N)CCC1CCCO1. The van der Waals surface area contributed by atoms with E-state index in [4.69, 9.17) is 15.2 Å². The van der Waals surface area contributed by atoms with Crippen LogP contribution >= 0.6 is 0 Å². The zero-order valence-electron chi connectivity index (χ0n) is 9.65. The lowest BCUT2D eigenvalue weighted by atomic mass is 9.90. The third-order valence-corrected chi connectivity index (χ3v) is 3.83. The minimum Gasteiger partial charge on any atom is -0.378 e. The standard InChI is InChI=1S/C12H23NO2/c1-9-11(6-8-14-9)12(13)5-4-10-3-2-7-15-10/h9-12H,2-8,13H2,1H3. The number of rotatable bonds is 4. The molecule has 2 aliphatic rings. The largest absolute Gasteiger partial charge is 0.378 e. The first-order valence-corrected chi connectivity index (χ1v) is 6.26. The van der Waals surface area contributed by atoms with E-state index in [1.807, 2.05) is 0 Å². The molecule has 3 nitrogen and oxygen atoms in total. The zero-order chi connectivity index (χ0) is 10.7. The quantitative estimate of drug-likeness (QED) is 0.773. The van der Waals surface area contributed by atoms with Gasteiger partial charge in [-0.15, -0.1) is 0 Å².